The fourth-order valence-electron chi connectivity index (χ4n) is 1.95. The molecule has 2 rings (SSSR count). The molecule has 3 heteroatoms. The van der Waals surface area contributed by atoms with Crippen LogP contribution in [0.1, 0.15) is 24.2 Å². The Kier molecular flexibility index (Phi) is 6.07. The van der Waals surface area contributed by atoms with E-state index in [2.05, 4.69) is 32.0 Å². The van der Waals surface area contributed by atoms with Crippen LogP contribution in [0.5, 0.6) is 0 Å². The van der Waals surface area contributed by atoms with Gasteiger partial charge in [-0.2, -0.15) is 0 Å². The Bertz CT molecular complexity index is 535. The average Bonchev–Trinajstić information content (AvgIpc) is 2.39. The first-order valence-electron chi connectivity index (χ1n) is 5.97. The van der Waals surface area contributed by atoms with E-state index in [-0.39, 0.29) is 17.0 Å². The van der Waals surface area contributed by atoms with Gasteiger partial charge in [-0.25, -0.2) is 0 Å². The largest absolute Gasteiger partial charge is 1.00 e. The minimum atomic E-state index is -1.09. The van der Waals surface area contributed by atoms with E-state index >= 15 is 0 Å². The molecule has 0 bridgehead atoms. The second-order valence-corrected chi connectivity index (χ2v) is 9.19. The number of halogens is 1. The van der Waals surface area contributed by atoms with Crippen LogP contribution in [0.2, 0.25) is 10.6 Å². The molecule has 2 aromatic rings. The first-order valence-corrected chi connectivity index (χ1v) is 9.24. The molecule has 0 spiro atoms. The van der Waals surface area contributed by atoms with Crippen molar-refractivity contribution in [3.63, 3.8) is 0 Å². The van der Waals surface area contributed by atoms with Gasteiger partial charge in [0.25, 0.3) is 0 Å². The molecule has 0 N–H and O–H groups in total. The summed E-state index contributed by atoms with van der Waals surface area (Å²) in [6, 6.07) is 14.3. The molecule has 0 aliphatic rings. The smallest absolute Gasteiger partial charge is 1.00 e. The van der Waals surface area contributed by atoms with Gasteiger partial charge in [-0.1, -0.05) is 0 Å². The minimum absolute atomic E-state index is 0. The fraction of sp³-hybridized carbons (Fsp3) is 0.267. The van der Waals surface area contributed by atoms with Crippen LogP contribution in [0.25, 0.3) is 10.8 Å². The predicted molar refractivity (Wildman–Crippen MR) is 75.0 cm³/mol. The molecule has 0 aromatic heterocycles. The average molecular weight is 372 g/mol. The second kappa shape index (κ2) is 7.08. The molecule has 2 aromatic carbocycles. The number of carbonyl (C=O) groups excluding carboxylic acids is 1. The van der Waals surface area contributed by atoms with Gasteiger partial charge in [-0.05, 0) is 0 Å². The summed E-state index contributed by atoms with van der Waals surface area (Å²) in [5.41, 5.74) is 0.900. The Morgan fingerprint density at radius 3 is 2.22 bits per heavy atom. The van der Waals surface area contributed by atoms with Crippen molar-refractivity contribution in [2.24, 2.45) is 0 Å². The van der Waals surface area contributed by atoms with Gasteiger partial charge in [0.05, 0.1) is 0 Å². The number of benzene rings is 2. The zero-order valence-electron chi connectivity index (χ0n) is 10.7. The Morgan fingerprint density at radius 2 is 1.61 bits per heavy atom. The Labute approximate surface area is 123 Å². The molecule has 0 aliphatic carbocycles. The molecule has 0 fully saturated rings. The van der Waals surface area contributed by atoms with Gasteiger partial charge in [0.2, 0.25) is 0 Å². The Morgan fingerprint density at radius 1 is 1.00 bits per heavy atom. The van der Waals surface area contributed by atoms with E-state index in [4.69, 9.17) is 0 Å². The van der Waals surface area contributed by atoms with Gasteiger partial charge in [0.1, 0.15) is 0 Å². The number of hydrogen-bond donors (Lipinski definition) is 0. The first kappa shape index (κ1) is 15.4. The van der Waals surface area contributed by atoms with E-state index in [1.807, 2.05) is 24.3 Å². The third kappa shape index (κ3) is 3.22. The number of fused-ring (bicyclic) bond motifs is 1. The van der Waals surface area contributed by atoms with Gasteiger partial charge in [0, 0.05) is 0 Å². The molecular formula is C15H17BrOSe. The molecule has 1 nitrogen and oxygen atoms in total. The van der Waals surface area contributed by atoms with Gasteiger partial charge in [0.15, 0.2) is 0 Å². The SMILES string of the molecule is CC[Se+](CC)C(=O)c1ccc2ccccc2c1.[Br-]. The van der Waals surface area contributed by atoms with Crippen LogP contribution in [0.15, 0.2) is 42.5 Å². The fourth-order valence-corrected chi connectivity index (χ4v) is 4.87. The second-order valence-electron chi connectivity index (χ2n) is 3.92. The number of carbonyl (C=O) groups is 1. The monoisotopic (exact) mass is 372 g/mol. The molecule has 0 heterocycles. The standard InChI is InChI=1S/C15H17OSe.BrH/c1-3-17(4-2)15(16)14-10-9-12-7-5-6-8-13(12)11-14;/h5-11H,3-4H2,1-2H3;1H/q+1;/p-1. The van der Waals surface area contributed by atoms with Crippen LogP contribution in [0.4, 0.5) is 0 Å². The third-order valence-electron chi connectivity index (χ3n) is 2.94. The van der Waals surface area contributed by atoms with Crippen LogP contribution in [-0.2, 0) is 0 Å². The van der Waals surface area contributed by atoms with Gasteiger partial charge in [-0.15, -0.1) is 0 Å². The van der Waals surface area contributed by atoms with Crippen LogP contribution in [0, 0.1) is 0 Å². The summed E-state index contributed by atoms with van der Waals surface area (Å²) in [5, 5.41) is 4.45. The van der Waals surface area contributed by atoms with Crippen molar-refractivity contribution >= 4 is 29.4 Å². The summed E-state index contributed by atoms with van der Waals surface area (Å²) < 4.78 is 0.403. The molecule has 0 atom stereocenters. The van der Waals surface area contributed by atoms with Gasteiger partial charge < -0.3 is 17.0 Å². The minimum Gasteiger partial charge on any atom is -1.00 e. The number of rotatable bonds is 4. The van der Waals surface area contributed by atoms with E-state index in [9.17, 15) is 4.79 Å². The van der Waals surface area contributed by atoms with Crippen LogP contribution >= 0.6 is 0 Å². The van der Waals surface area contributed by atoms with Crippen molar-refractivity contribution in [1.82, 2.24) is 0 Å². The maximum absolute atomic E-state index is 12.3. The predicted octanol–water partition coefficient (Wildman–Crippen LogP) is 1.10. The van der Waals surface area contributed by atoms with Crippen LogP contribution in [-0.4, -0.2) is 18.6 Å². The van der Waals surface area contributed by atoms with Gasteiger partial charge in [-0.3, -0.25) is 0 Å². The molecular weight excluding hydrogens is 355 g/mol. The molecule has 0 saturated carbocycles. The zero-order valence-corrected chi connectivity index (χ0v) is 13.9. The maximum atomic E-state index is 12.3. The molecule has 18 heavy (non-hydrogen) atoms. The van der Waals surface area contributed by atoms with Crippen molar-refractivity contribution in [3.8, 4) is 0 Å². The number of hydrogen-bond acceptors (Lipinski definition) is 1. The molecule has 0 radical (unpaired) electrons. The Balaban J connectivity index is 0.00000162. The van der Waals surface area contributed by atoms with Crippen molar-refractivity contribution < 1.29 is 21.8 Å². The Hall–Kier alpha value is -0.631. The zero-order chi connectivity index (χ0) is 12.3. The molecule has 0 unspecified atom stereocenters. The summed E-state index contributed by atoms with van der Waals surface area (Å²) in [4.78, 5) is 12.3. The topological polar surface area (TPSA) is 17.1 Å². The van der Waals surface area contributed by atoms with Crippen molar-refractivity contribution in [3.05, 3.63) is 48.0 Å². The van der Waals surface area contributed by atoms with E-state index in [0.717, 1.165) is 21.6 Å². The summed E-state index contributed by atoms with van der Waals surface area (Å²) in [6.45, 7) is 4.26. The van der Waals surface area contributed by atoms with Crippen molar-refractivity contribution in [1.29, 1.82) is 0 Å². The summed E-state index contributed by atoms with van der Waals surface area (Å²) in [7, 11) is 0. The van der Waals surface area contributed by atoms with E-state index in [1.165, 1.54) is 5.39 Å². The maximum Gasteiger partial charge on any atom is -1.00 e. The molecule has 96 valence electrons. The molecule has 0 saturated heterocycles. The van der Waals surface area contributed by atoms with E-state index < -0.39 is 13.9 Å². The quantitative estimate of drug-likeness (QED) is 0.735. The summed E-state index contributed by atoms with van der Waals surface area (Å²) in [6.07, 6.45) is 0. The normalized spacial score (nSPS) is 10.4. The molecule has 0 aliphatic heterocycles. The summed E-state index contributed by atoms with van der Waals surface area (Å²) >= 11 is -1.09. The first-order chi connectivity index (χ1) is 8.26. The van der Waals surface area contributed by atoms with E-state index in [1.54, 1.807) is 0 Å². The summed E-state index contributed by atoms with van der Waals surface area (Å²) in [5.74, 6) is 0. The third-order valence-corrected chi connectivity index (χ3v) is 7.46. The van der Waals surface area contributed by atoms with Crippen molar-refractivity contribution in [2.45, 2.75) is 24.5 Å². The van der Waals surface area contributed by atoms with Crippen molar-refractivity contribution in [2.75, 3.05) is 0 Å². The van der Waals surface area contributed by atoms with E-state index in [0.29, 0.717) is 4.68 Å². The van der Waals surface area contributed by atoms with Gasteiger partial charge >= 0.3 is 107 Å². The van der Waals surface area contributed by atoms with Crippen LogP contribution in [0.3, 0.4) is 0 Å². The van der Waals surface area contributed by atoms with Crippen LogP contribution < -0.4 is 17.0 Å². The molecule has 0 amide bonds.